The standard InChI is InChI=1S/C52H34N2/c1-2-16-40(17-3-1)54-50-23-11-22-49(51(50)47-33-29-37-14-6-9-20-46(37)52(47)54)53(42-32-28-39-25-24-36-13-5-8-19-45(36)48(39)34-42)41-30-26-38(27-31-41)44-21-10-15-35-12-4-7-18-43(35)44/h1-34H. The number of nitrogens with zero attached hydrogens (tertiary/aromatic N) is 2. The molecule has 0 saturated carbocycles. The first kappa shape index (κ1) is 30.5. The second-order valence-electron chi connectivity index (χ2n) is 14.1. The van der Waals surface area contributed by atoms with Crippen LogP contribution in [-0.4, -0.2) is 4.57 Å². The molecule has 0 amide bonds. The fraction of sp³-hybridized carbons (Fsp3) is 0. The first-order valence-corrected chi connectivity index (χ1v) is 18.6. The van der Waals surface area contributed by atoms with Gasteiger partial charge in [-0.3, -0.25) is 0 Å². The van der Waals surface area contributed by atoms with Crippen molar-refractivity contribution in [3.8, 4) is 16.8 Å². The van der Waals surface area contributed by atoms with E-state index in [0.717, 1.165) is 22.7 Å². The number of hydrogen-bond donors (Lipinski definition) is 0. The third-order valence-electron chi connectivity index (χ3n) is 11.1. The van der Waals surface area contributed by atoms with Crippen LogP contribution in [0.15, 0.2) is 206 Å². The Kier molecular flexibility index (Phi) is 6.90. The van der Waals surface area contributed by atoms with Crippen molar-refractivity contribution in [1.29, 1.82) is 0 Å². The van der Waals surface area contributed by atoms with Crippen molar-refractivity contribution in [3.05, 3.63) is 206 Å². The van der Waals surface area contributed by atoms with E-state index in [1.54, 1.807) is 0 Å². The van der Waals surface area contributed by atoms with Gasteiger partial charge in [0, 0.05) is 33.2 Å². The van der Waals surface area contributed by atoms with Crippen LogP contribution in [0.4, 0.5) is 17.1 Å². The van der Waals surface area contributed by atoms with Gasteiger partial charge in [0.05, 0.1) is 16.7 Å². The Labute approximate surface area is 313 Å². The van der Waals surface area contributed by atoms with Gasteiger partial charge in [-0.1, -0.05) is 158 Å². The molecule has 0 atom stereocenters. The summed E-state index contributed by atoms with van der Waals surface area (Å²) in [6, 6.07) is 75.3. The van der Waals surface area contributed by atoms with Gasteiger partial charge in [-0.25, -0.2) is 0 Å². The maximum atomic E-state index is 2.46. The molecule has 0 N–H and O–H groups in total. The van der Waals surface area contributed by atoms with Crippen LogP contribution in [0.5, 0.6) is 0 Å². The van der Waals surface area contributed by atoms with Gasteiger partial charge in [0.2, 0.25) is 0 Å². The van der Waals surface area contributed by atoms with Crippen molar-refractivity contribution in [2.45, 2.75) is 0 Å². The van der Waals surface area contributed by atoms with Crippen LogP contribution in [0.1, 0.15) is 0 Å². The van der Waals surface area contributed by atoms with Crippen molar-refractivity contribution in [3.63, 3.8) is 0 Å². The molecule has 11 aromatic rings. The zero-order chi connectivity index (χ0) is 35.6. The lowest BCUT2D eigenvalue weighted by atomic mass is 9.97. The molecule has 1 aromatic heterocycles. The first-order valence-electron chi connectivity index (χ1n) is 18.6. The van der Waals surface area contributed by atoms with Gasteiger partial charge in [-0.2, -0.15) is 0 Å². The van der Waals surface area contributed by atoms with Gasteiger partial charge in [0.15, 0.2) is 0 Å². The lowest BCUT2D eigenvalue weighted by molar-refractivity contribution is 1.18. The fourth-order valence-corrected chi connectivity index (χ4v) is 8.66. The molecule has 252 valence electrons. The summed E-state index contributed by atoms with van der Waals surface area (Å²) in [4.78, 5) is 2.46. The Balaban J connectivity index is 1.20. The maximum absolute atomic E-state index is 2.46. The molecule has 0 bridgehead atoms. The molecular weight excluding hydrogens is 653 g/mol. The highest BCUT2D eigenvalue weighted by atomic mass is 15.1. The van der Waals surface area contributed by atoms with E-state index in [0.29, 0.717) is 0 Å². The summed E-state index contributed by atoms with van der Waals surface area (Å²) in [6.07, 6.45) is 0. The minimum Gasteiger partial charge on any atom is -0.310 e. The predicted molar refractivity (Wildman–Crippen MR) is 231 cm³/mol. The number of para-hydroxylation sites is 1. The van der Waals surface area contributed by atoms with Crippen LogP contribution in [0.25, 0.3) is 81.7 Å². The molecule has 0 aliphatic rings. The molecule has 0 aliphatic heterocycles. The molecule has 2 nitrogen and oxygen atoms in total. The zero-order valence-corrected chi connectivity index (χ0v) is 29.5. The Morgan fingerprint density at radius 2 is 0.926 bits per heavy atom. The maximum Gasteiger partial charge on any atom is 0.0620 e. The predicted octanol–water partition coefficient (Wildman–Crippen LogP) is 14.5. The summed E-state index contributed by atoms with van der Waals surface area (Å²) in [7, 11) is 0. The number of rotatable bonds is 5. The summed E-state index contributed by atoms with van der Waals surface area (Å²) >= 11 is 0. The number of benzene rings is 10. The zero-order valence-electron chi connectivity index (χ0n) is 29.5. The normalized spacial score (nSPS) is 11.7. The summed E-state index contributed by atoms with van der Waals surface area (Å²) < 4.78 is 2.45. The second-order valence-corrected chi connectivity index (χ2v) is 14.1. The van der Waals surface area contributed by atoms with Crippen LogP contribution in [0, 0.1) is 0 Å². The number of hydrogen-bond acceptors (Lipinski definition) is 1. The van der Waals surface area contributed by atoms with E-state index in [1.165, 1.54) is 76.0 Å². The van der Waals surface area contributed by atoms with E-state index < -0.39 is 0 Å². The highest BCUT2D eigenvalue weighted by Gasteiger charge is 2.23. The van der Waals surface area contributed by atoms with Gasteiger partial charge in [0.25, 0.3) is 0 Å². The molecular formula is C52H34N2. The largest absolute Gasteiger partial charge is 0.310 e. The number of anilines is 3. The summed E-state index contributed by atoms with van der Waals surface area (Å²) in [6.45, 7) is 0. The molecule has 0 unspecified atom stereocenters. The fourth-order valence-electron chi connectivity index (χ4n) is 8.66. The topological polar surface area (TPSA) is 8.17 Å². The molecule has 0 fully saturated rings. The summed E-state index contributed by atoms with van der Waals surface area (Å²) in [5, 5.41) is 12.4. The third-order valence-corrected chi connectivity index (χ3v) is 11.1. The Bertz CT molecular complexity index is 3200. The minimum absolute atomic E-state index is 1.10. The van der Waals surface area contributed by atoms with Crippen LogP contribution < -0.4 is 4.90 Å². The van der Waals surface area contributed by atoms with Crippen molar-refractivity contribution >= 4 is 82.0 Å². The van der Waals surface area contributed by atoms with Gasteiger partial charge >= 0.3 is 0 Å². The molecule has 1 heterocycles. The molecule has 10 aromatic carbocycles. The Morgan fingerprint density at radius 3 is 1.72 bits per heavy atom. The van der Waals surface area contributed by atoms with Crippen molar-refractivity contribution in [2.24, 2.45) is 0 Å². The molecule has 2 heteroatoms. The Hall–Kier alpha value is -7.16. The van der Waals surface area contributed by atoms with Crippen LogP contribution in [0.2, 0.25) is 0 Å². The lowest BCUT2D eigenvalue weighted by Crippen LogP contribution is -2.10. The van der Waals surface area contributed by atoms with E-state index in [-0.39, 0.29) is 0 Å². The average Bonchev–Trinajstić information content (AvgIpc) is 3.60. The number of fused-ring (bicyclic) bond motifs is 9. The highest BCUT2D eigenvalue weighted by molar-refractivity contribution is 6.23. The second kappa shape index (κ2) is 12.2. The van der Waals surface area contributed by atoms with Crippen molar-refractivity contribution < 1.29 is 0 Å². The molecule has 11 rings (SSSR count). The number of aromatic nitrogens is 1. The molecule has 54 heavy (non-hydrogen) atoms. The van der Waals surface area contributed by atoms with Crippen LogP contribution >= 0.6 is 0 Å². The van der Waals surface area contributed by atoms with Crippen LogP contribution in [-0.2, 0) is 0 Å². The van der Waals surface area contributed by atoms with Gasteiger partial charge in [-0.05, 0) is 97.4 Å². The average molecular weight is 687 g/mol. The van der Waals surface area contributed by atoms with E-state index >= 15 is 0 Å². The van der Waals surface area contributed by atoms with E-state index in [4.69, 9.17) is 0 Å². The SMILES string of the molecule is c1ccc(-n2c3cccc(N(c4ccc(-c5cccc6ccccc56)cc4)c4ccc5ccc6ccccc6c5c4)c3c3ccc4ccccc4c32)cc1. The smallest absolute Gasteiger partial charge is 0.0620 e. The molecule has 0 saturated heterocycles. The monoisotopic (exact) mass is 686 g/mol. The molecule has 0 aliphatic carbocycles. The third kappa shape index (κ3) is 4.74. The van der Waals surface area contributed by atoms with E-state index in [1.807, 2.05) is 0 Å². The van der Waals surface area contributed by atoms with E-state index in [2.05, 4.69) is 216 Å². The van der Waals surface area contributed by atoms with Gasteiger partial charge in [0.1, 0.15) is 0 Å². The quantitative estimate of drug-likeness (QED) is 0.164. The van der Waals surface area contributed by atoms with Gasteiger partial charge < -0.3 is 9.47 Å². The minimum atomic E-state index is 1.10. The first-order chi connectivity index (χ1) is 26.8. The lowest BCUT2D eigenvalue weighted by Gasteiger charge is -2.27. The molecule has 0 spiro atoms. The Morgan fingerprint density at radius 1 is 0.352 bits per heavy atom. The highest BCUT2D eigenvalue weighted by Crippen LogP contribution is 2.46. The molecule has 0 radical (unpaired) electrons. The van der Waals surface area contributed by atoms with Gasteiger partial charge in [-0.15, -0.1) is 0 Å². The van der Waals surface area contributed by atoms with E-state index in [9.17, 15) is 0 Å². The van der Waals surface area contributed by atoms with Crippen molar-refractivity contribution in [2.75, 3.05) is 4.90 Å². The van der Waals surface area contributed by atoms with Crippen LogP contribution in [0.3, 0.4) is 0 Å². The summed E-state index contributed by atoms with van der Waals surface area (Å²) in [5.74, 6) is 0. The van der Waals surface area contributed by atoms with Crippen molar-refractivity contribution in [1.82, 2.24) is 4.57 Å². The summed E-state index contributed by atoms with van der Waals surface area (Å²) in [5.41, 5.74) is 9.34.